The van der Waals surface area contributed by atoms with Gasteiger partial charge in [-0.3, -0.25) is 14.2 Å². The molecule has 32 heavy (non-hydrogen) atoms. The van der Waals surface area contributed by atoms with Gasteiger partial charge in [-0.25, -0.2) is 4.98 Å². The highest BCUT2D eigenvalue weighted by Gasteiger charge is 2.17. The lowest BCUT2D eigenvalue weighted by Gasteiger charge is -2.21. The average Bonchev–Trinajstić information content (AvgIpc) is 2.82. The van der Waals surface area contributed by atoms with E-state index in [0.29, 0.717) is 27.9 Å². The number of hydrogen-bond acceptors (Lipinski definition) is 4. The topological polar surface area (TPSA) is 64.0 Å². The minimum atomic E-state index is -0.113. The highest BCUT2D eigenvalue weighted by atomic mass is 32.2. The molecule has 168 valence electrons. The molecule has 0 bridgehead atoms. The predicted molar refractivity (Wildman–Crippen MR) is 132 cm³/mol. The highest BCUT2D eigenvalue weighted by molar-refractivity contribution is 7.99. The standard InChI is InChI=1S/C26H31N3O2S/c1-18(2)20-12-14-21(15-13-20)29-25(31)22-10-6-7-11-23(22)28-26(29)32-17-24(30)27-16-19-8-4-3-5-9-19/h6-7,10-15,18-19H,3-5,8-9,16-17H2,1-2H3,(H,27,30). The van der Waals surface area contributed by atoms with E-state index in [9.17, 15) is 9.59 Å². The molecule has 1 fully saturated rings. The molecular weight excluding hydrogens is 418 g/mol. The number of para-hydroxylation sites is 1. The average molecular weight is 450 g/mol. The fourth-order valence-electron chi connectivity index (χ4n) is 4.28. The van der Waals surface area contributed by atoms with E-state index in [1.807, 2.05) is 42.5 Å². The lowest BCUT2D eigenvalue weighted by atomic mass is 9.89. The van der Waals surface area contributed by atoms with Crippen molar-refractivity contribution in [2.24, 2.45) is 5.92 Å². The third kappa shape index (κ3) is 5.23. The highest BCUT2D eigenvalue weighted by Crippen LogP contribution is 2.24. The number of amides is 1. The van der Waals surface area contributed by atoms with Gasteiger partial charge in [0.25, 0.3) is 5.56 Å². The molecule has 1 aromatic heterocycles. The van der Waals surface area contributed by atoms with Crippen molar-refractivity contribution < 1.29 is 4.79 Å². The van der Waals surface area contributed by atoms with Gasteiger partial charge in [0, 0.05) is 6.54 Å². The van der Waals surface area contributed by atoms with Gasteiger partial charge in [0.05, 0.1) is 22.3 Å². The maximum atomic E-state index is 13.4. The van der Waals surface area contributed by atoms with Crippen molar-refractivity contribution in [2.75, 3.05) is 12.3 Å². The Bertz CT molecular complexity index is 1130. The summed E-state index contributed by atoms with van der Waals surface area (Å²) in [5, 5.41) is 4.19. The van der Waals surface area contributed by atoms with Gasteiger partial charge in [-0.2, -0.15) is 0 Å². The van der Waals surface area contributed by atoms with Crippen LogP contribution in [0.25, 0.3) is 16.6 Å². The molecule has 0 saturated heterocycles. The summed E-state index contributed by atoms with van der Waals surface area (Å²) in [5.74, 6) is 1.23. The van der Waals surface area contributed by atoms with E-state index in [1.165, 1.54) is 49.4 Å². The minimum Gasteiger partial charge on any atom is -0.355 e. The smallest absolute Gasteiger partial charge is 0.266 e. The molecule has 1 saturated carbocycles. The molecule has 4 rings (SSSR count). The Kier molecular flexibility index (Phi) is 7.30. The van der Waals surface area contributed by atoms with Crippen LogP contribution in [0.5, 0.6) is 0 Å². The second kappa shape index (κ2) is 10.3. The monoisotopic (exact) mass is 449 g/mol. The predicted octanol–water partition coefficient (Wildman–Crippen LogP) is 5.30. The van der Waals surface area contributed by atoms with Crippen LogP contribution in [-0.2, 0) is 4.79 Å². The zero-order valence-electron chi connectivity index (χ0n) is 18.8. The first-order valence-corrected chi connectivity index (χ1v) is 12.5. The van der Waals surface area contributed by atoms with Crippen LogP contribution in [0.4, 0.5) is 0 Å². The number of hydrogen-bond donors (Lipinski definition) is 1. The molecule has 1 aliphatic carbocycles. The van der Waals surface area contributed by atoms with Gasteiger partial charge in [-0.15, -0.1) is 0 Å². The van der Waals surface area contributed by atoms with Crippen LogP contribution in [0.15, 0.2) is 58.5 Å². The molecule has 3 aromatic rings. The summed E-state index contributed by atoms with van der Waals surface area (Å²) in [6.45, 7) is 5.03. The van der Waals surface area contributed by atoms with Gasteiger partial charge in [-0.05, 0) is 54.5 Å². The molecule has 1 aliphatic rings. The molecule has 0 unspecified atom stereocenters. The van der Waals surface area contributed by atoms with Crippen molar-refractivity contribution in [3.63, 3.8) is 0 Å². The molecule has 0 aliphatic heterocycles. The van der Waals surface area contributed by atoms with E-state index in [-0.39, 0.29) is 17.2 Å². The number of carbonyl (C=O) groups is 1. The summed E-state index contributed by atoms with van der Waals surface area (Å²) in [4.78, 5) is 30.6. The first kappa shape index (κ1) is 22.6. The summed E-state index contributed by atoms with van der Waals surface area (Å²) in [6, 6.07) is 15.4. The van der Waals surface area contributed by atoms with Crippen LogP contribution in [0.1, 0.15) is 57.4 Å². The number of nitrogens with one attached hydrogen (secondary N) is 1. The summed E-state index contributed by atoms with van der Waals surface area (Å²) >= 11 is 1.32. The van der Waals surface area contributed by atoms with Gasteiger partial charge in [-0.1, -0.05) is 69.1 Å². The van der Waals surface area contributed by atoms with Crippen molar-refractivity contribution in [3.8, 4) is 5.69 Å². The number of fused-ring (bicyclic) bond motifs is 1. The Morgan fingerprint density at radius 1 is 1.09 bits per heavy atom. The number of nitrogens with zero attached hydrogens (tertiary/aromatic N) is 2. The van der Waals surface area contributed by atoms with Crippen molar-refractivity contribution in [1.82, 2.24) is 14.9 Å². The van der Waals surface area contributed by atoms with E-state index < -0.39 is 0 Å². The number of rotatable bonds is 7. The fourth-order valence-corrected chi connectivity index (χ4v) is 5.12. The van der Waals surface area contributed by atoms with Gasteiger partial charge < -0.3 is 5.32 Å². The van der Waals surface area contributed by atoms with Crippen LogP contribution >= 0.6 is 11.8 Å². The Balaban J connectivity index is 1.57. The lowest BCUT2D eigenvalue weighted by molar-refractivity contribution is -0.118. The van der Waals surface area contributed by atoms with Gasteiger partial charge in [0.2, 0.25) is 5.91 Å². The number of aromatic nitrogens is 2. The van der Waals surface area contributed by atoms with E-state index in [2.05, 4.69) is 19.2 Å². The van der Waals surface area contributed by atoms with E-state index >= 15 is 0 Å². The quantitative estimate of drug-likeness (QED) is 0.393. The van der Waals surface area contributed by atoms with Crippen molar-refractivity contribution in [1.29, 1.82) is 0 Å². The second-order valence-corrected chi connectivity index (χ2v) is 9.84. The van der Waals surface area contributed by atoms with Crippen LogP contribution in [0.2, 0.25) is 0 Å². The maximum Gasteiger partial charge on any atom is 0.266 e. The summed E-state index contributed by atoms with van der Waals surface area (Å²) < 4.78 is 1.63. The van der Waals surface area contributed by atoms with Crippen molar-refractivity contribution in [3.05, 3.63) is 64.4 Å². The Labute approximate surface area is 193 Å². The SMILES string of the molecule is CC(C)c1ccc(-n2c(SCC(=O)NCC3CCCCC3)nc3ccccc3c2=O)cc1. The summed E-state index contributed by atoms with van der Waals surface area (Å²) in [5.41, 5.74) is 2.52. The molecular formula is C26H31N3O2S. The van der Waals surface area contributed by atoms with E-state index in [4.69, 9.17) is 4.98 Å². The first-order chi connectivity index (χ1) is 15.5. The molecule has 5 nitrogen and oxygen atoms in total. The zero-order chi connectivity index (χ0) is 22.5. The largest absolute Gasteiger partial charge is 0.355 e. The molecule has 2 aromatic carbocycles. The molecule has 6 heteroatoms. The molecule has 0 radical (unpaired) electrons. The fraction of sp³-hybridized carbons (Fsp3) is 0.423. The van der Waals surface area contributed by atoms with E-state index in [0.717, 1.165) is 12.2 Å². The van der Waals surface area contributed by atoms with Crippen LogP contribution < -0.4 is 10.9 Å². The molecule has 0 spiro atoms. The molecule has 1 amide bonds. The number of benzene rings is 2. The van der Waals surface area contributed by atoms with E-state index in [1.54, 1.807) is 10.6 Å². The Morgan fingerprint density at radius 3 is 2.53 bits per heavy atom. The molecule has 1 heterocycles. The van der Waals surface area contributed by atoms with Gasteiger partial charge in [0.15, 0.2) is 5.16 Å². The Hall–Kier alpha value is -2.60. The van der Waals surface area contributed by atoms with Gasteiger partial charge in [0.1, 0.15) is 0 Å². The van der Waals surface area contributed by atoms with Crippen LogP contribution in [-0.4, -0.2) is 27.8 Å². The number of thioether (sulfide) groups is 1. The van der Waals surface area contributed by atoms with Crippen molar-refractivity contribution in [2.45, 2.75) is 57.0 Å². The van der Waals surface area contributed by atoms with Crippen LogP contribution in [0, 0.1) is 5.92 Å². The zero-order valence-corrected chi connectivity index (χ0v) is 19.7. The second-order valence-electron chi connectivity index (χ2n) is 8.90. The van der Waals surface area contributed by atoms with Crippen molar-refractivity contribution >= 4 is 28.6 Å². The minimum absolute atomic E-state index is 0.00955. The van der Waals surface area contributed by atoms with Crippen LogP contribution in [0.3, 0.4) is 0 Å². The molecule has 1 N–H and O–H groups in total. The van der Waals surface area contributed by atoms with Gasteiger partial charge >= 0.3 is 0 Å². The third-order valence-corrected chi connectivity index (χ3v) is 7.15. The maximum absolute atomic E-state index is 13.4. The summed E-state index contributed by atoms with van der Waals surface area (Å²) in [7, 11) is 0. The first-order valence-electron chi connectivity index (χ1n) is 11.5. The lowest BCUT2D eigenvalue weighted by Crippen LogP contribution is -2.31. The number of carbonyl (C=O) groups excluding carboxylic acids is 1. The summed E-state index contributed by atoms with van der Waals surface area (Å²) in [6.07, 6.45) is 6.23. The normalized spacial score (nSPS) is 14.7. The third-order valence-electron chi connectivity index (χ3n) is 6.21. The molecule has 0 atom stereocenters. The Morgan fingerprint density at radius 2 is 1.81 bits per heavy atom.